The Morgan fingerprint density at radius 1 is 1.25 bits per heavy atom. The number of aromatic nitrogens is 4. The maximum Gasteiger partial charge on any atom is 0.314 e. The first-order chi connectivity index (χ1) is 13.2. The highest BCUT2D eigenvalue weighted by atomic mass is 35.5. The van der Waals surface area contributed by atoms with E-state index in [1.807, 2.05) is 12.3 Å². The number of nitrogens with zero attached hydrogens (tertiary/aromatic N) is 2. The molecule has 3 aromatic rings. The predicted octanol–water partition coefficient (Wildman–Crippen LogP) is 3.48. The maximum absolute atomic E-state index is 12.0. The molecular formula is C19H23Cl2N5O2. The van der Waals surface area contributed by atoms with Crippen LogP contribution in [0.3, 0.4) is 0 Å². The zero-order valence-electron chi connectivity index (χ0n) is 16.0. The SMILES string of the molecule is CCC(C)(C)NCCC(c1c(Cl)c(Cl)cc2[nH]c(=O)c(=O)[nH]c12)n1cccn1. The topological polar surface area (TPSA) is 95.6 Å². The summed E-state index contributed by atoms with van der Waals surface area (Å²) in [5.41, 5.74) is 0.0176. The normalized spacial score (nSPS) is 13.2. The van der Waals surface area contributed by atoms with Gasteiger partial charge in [-0.05, 0) is 45.4 Å². The summed E-state index contributed by atoms with van der Waals surface area (Å²) in [5, 5.41) is 8.52. The highest BCUT2D eigenvalue weighted by Crippen LogP contribution is 2.37. The van der Waals surface area contributed by atoms with E-state index in [1.54, 1.807) is 16.9 Å². The van der Waals surface area contributed by atoms with E-state index in [1.165, 1.54) is 0 Å². The average molecular weight is 424 g/mol. The van der Waals surface area contributed by atoms with E-state index in [2.05, 4.69) is 41.2 Å². The Morgan fingerprint density at radius 2 is 1.96 bits per heavy atom. The largest absolute Gasteiger partial charge is 0.316 e. The first-order valence-corrected chi connectivity index (χ1v) is 9.87. The molecule has 0 amide bonds. The van der Waals surface area contributed by atoms with E-state index in [0.29, 0.717) is 39.6 Å². The summed E-state index contributed by atoms with van der Waals surface area (Å²) in [4.78, 5) is 28.9. The molecule has 2 aromatic heterocycles. The van der Waals surface area contributed by atoms with Crippen molar-refractivity contribution in [2.75, 3.05) is 6.54 Å². The van der Waals surface area contributed by atoms with Gasteiger partial charge in [-0.1, -0.05) is 30.1 Å². The van der Waals surface area contributed by atoms with Crippen molar-refractivity contribution >= 4 is 34.2 Å². The number of hydrogen-bond acceptors (Lipinski definition) is 4. The summed E-state index contributed by atoms with van der Waals surface area (Å²) in [6, 6.07) is 3.07. The van der Waals surface area contributed by atoms with Gasteiger partial charge in [-0.15, -0.1) is 0 Å². The van der Waals surface area contributed by atoms with Gasteiger partial charge in [-0.3, -0.25) is 14.3 Å². The monoisotopic (exact) mass is 423 g/mol. The molecule has 0 saturated carbocycles. The van der Waals surface area contributed by atoms with E-state index >= 15 is 0 Å². The molecule has 9 heteroatoms. The van der Waals surface area contributed by atoms with Crippen LogP contribution in [0, 0.1) is 0 Å². The lowest BCUT2D eigenvalue weighted by Crippen LogP contribution is -2.39. The summed E-state index contributed by atoms with van der Waals surface area (Å²) in [6.07, 6.45) is 5.15. The molecule has 28 heavy (non-hydrogen) atoms. The second kappa shape index (κ2) is 8.11. The number of nitrogens with one attached hydrogen (secondary N) is 3. The van der Waals surface area contributed by atoms with Gasteiger partial charge in [-0.2, -0.15) is 5.10 Å². The Morgan fingerprint density at radius 3 is 2.61 bits per heavy atom. The number of hydrogen-bond donors (Lipinski definition) is 3. The molecule has 0 aliphatic heterocycles. The van der Waals surface area contributed by atoms with Gasteiger partial charge < -0.3 is 15.3 Å². The quantitative estimate of drug-likeness (QED) is 0.506. The van der Waals surface area contributed by atoms with Crippen LogP contribution in [0.4, 0.5) is 0 Å². The van der Waals surface area contributed by atoms with E-state index in [4.69, 9.17) is 23.2 Å². The zero-order valence-corrected chi connectivity index (χ0v) is 17.5. The van der Waals surface area contributed by atoms with Crippen LogP contribution in [0.2, 0.25) is 10.0 Å². The number of aromatic amines is 2. The molecule has 0 spiro atoms. The van der Waals surface area contributed by atoms with Crippen LogP contribution in [0.1, 0.15) is 45.2 Å². The summed E-state index contributed by atoms with van der Waals surface area (Å²) in [5.74, 6) is 0. The third-order valence-corrected chi connectivity index (χ3v) is 5.83. The lowest BCUT2D eigenvalue weighted by molar-refractivity contribution is 0.356. The van der Waals surface area contributed by atoms with E-state index < -0.39 is 11.1 Å². The summed E-state index contributed by atoms with van der Waals surface area (Å²) in [6.45, 7) is 7.10. The van der Waals surface area contributed by atoms with Gasteiger partial charge in [0.1, 0.15) is 0 Å². The standard InChI is InChI=1S/C19H23Cl2N5O2/c1-4-19(2,3)22-8-6-13(26-9-5-7-23-26)14-15(21)11(20)10-12-16(14)25-18(28)17(27)24-12/h5,7,9-10,13,22H,4,6,8H2,1-3H3,(H,24,27)(H,25,28). The molecule has 1 unspecified atom stereocenters. The van der Waals surface area contributed by atoms with Gasteiger partial charge in [0.2, 0.25) is 0 Å². The molecule has 3 N–H and O–H groups in total. The van der Waals surface area contributed by atoms with Crippen molar-refractivity contribution in [1.29, 1.82) is 0 Å². The smallest absolute Gasteiger partial charge is 0.314 e. The third-order valence-electron chi connectivity index (χ3n) is 5.03. The number of H-pyrrole nitrogens is 2. The molecule has 7 nitrogen and oxygen atoms in total. The fourth-order valence-electron chi connectivity index (χ4n) is 3.09. The van der Waals surface area contributed by atoms with Crippen LogP contribution in [-0.4, -0.2) is 31.8 Å². The number of fused-ring (bicyclic) bond motifs is 1. The van der Waals surface area contributed by atoms with Crippen LogP contribution in [0.5, 0.6) is 0 Å². The Labute approximate surface area is 172 Å². The molecule has 0 radical (unpaired) electrons. The molecule has 0 aliphatic rings. The number of benzene rings is 1. The number of halogens is 2. The minimum Gasteiger partial charge on any atom is -0.316 e. The minimum atomic E-state index is -0.739. The summed E-state index contributed by atoms with van der Waals surface area (Å²) in [7, 11) is 0. The fourth-order valence-corrected chi connectivity index (χ4v) is 3.57. The van der Waals surface area contributed by atoms with E-state index in [-0.39, 0.29) is 11.6 Å². The Balaban J connectivity index is 2.13. The molecule has 0 bridgehead atoms. The molecule has 0 aliphatic carbocycles. The molecule has 150 valence electrons. The van der Waals surface area contributed by atoms with Crippen LogP contribution in [-0.2, 0) is 0 Å². The van der Waals surface area contributed by atoms with E-state index in [9.17, 15) is 9.59 Å². The Bertz CT molecular complexity index is 1090. The third kappa shape index (κ3) is 4.16. The van der Waals surface area contributed by atoms with Crippen molar-refractivity contribution in [2.45, 2.75) is 45.2 Å². The first-order valence-electron chi connectivity index (χ1n) is 9.12. The predicted molar refractivity (Wildman–Crippen MR) is 113 cm³/mol. The van der Waals surface area contributed by atoms with Crippen molar-refractivity contribution in [3.63, 3.8) is 0 Å². The van der Waals surface area contributed by atoms with Crippen LogP contribution in [0.25, 0.3) is 11.0 Å². The summed E-state index contributed by atoms with van der Waals surface area (Å²) >= 11 is 12.9. The number of rotatable bonds is 7. The first kappa shape index (κ1) is 20.6. The highest BCUT2D eigenvalue weighted by Gasteiger charge is 2.24. The van der Waals surface area contributed by atoms with E-state index in [0.717, 1.165) is 6.42 Å². The van der Waals surface area contributed by atoms with Crippen molar-refractivity contribution < 1.29 is 0 Å². The second-order valence-electron chi connectivity index (χ2n) is 7.37. The zero-order chi connectivity index (χ0) is 20.5. The van der Waals surface area contributed by atoms with Crippen molar-refractivity contribution in [3.8, 4) is 0 Å². The van der Waals surface area contributed by atoms with Gasteiger partial charge >= 0.3 is 11.1 Å². The van der Waals surface area contributed by atoms with Gasteiger partial charge in [0.05, 0.1) is 27.1 Å². The molecule has 1 aromatic carbocycles. The Hall–Kier alpha value is -2.09. The molecule has 2 heterocycles. The van der Waals surface area contributed by atoms with Gasteiger partial charge in [0.25, 0.3) is 0 Å². The van der Waals surface area contributed by atoms with Crippen molar-refractivity contribution in [3.05, 3.63) is 60.8 Å². The van der Waals surface area contributed by atoms with Crippen LogP contribution in [0.15, 0.2) is 34.1 Å². The van der Waals surface area contributed by atoms with Crippen LogP contribution < -0.4 is 16.4 Å². The summed E-state index contributed by atoms with van der Waals surface area (Å²) < 4.78 is 1.78. The fraction of sp³-hybridized carbons (Fsp3) is 0.421. The van der Waals surface area contributed by atoms with Crippen LogP contribution >= 0.6 is 23.2 Å². The average Bonchev–Trinajstić information content (AvgIpc) is 3.17. The van der Waals surface area contributed by atoms with Gasteiger partial charge in [0, 0.05) is 23.5 Å². The van der Waals surface area contributed by atoms with Crippen molar-refractivity contribution in [2.24, 2.45) is 0 Å². The molecule has 3 rings (SSSR count). The lowest BCUT2D eigenvalue weighted by Gasteiger charge is -2.27. The minimum absolute atomic E-state index is 0.00554. The maximum atomic E-state index is 12.0. The molecule has 0 fully saturated rings. The van der Waals surface area contributed by atoms with Crippen molar-refractivity contribution in [1.82, 2.24) is 25.1 Å². The highest BCUT2D eigenvalue weighted by molar-refractivity contribution is 6.43. The molecule has 0 saturated heterocycles. The second-order valence-corrected chi connectivity index (χ2v) is 8.16. The molecular weight excluding hydrogens is 401 g/mol. The lowest BCUT2D eigenvalue weighted by atomic mass is 9.99. The van der Waals surface area contributed by atoms with Gasteiger partial charge in [0.15, 0.2) is 0 Å². The Kier molecular flexibility index (Phi) is 5.98. The molecule has 1 atom stereocenters. The van der Waals surface area contributed by atoms with Gasteiger partial charge in [-0.25, -0.2) is 0 Å².